The third-order valence-electron chi connectivity index (χ3n) is 3.11. The van der Waals surface area contributed by atoms with Gasteiger partial charge in [0.15, 0.2) is 0 Å². The Balaban J connectivity index is 1.92. The summed E-state index contributed by atoms with van der Waals surface area (Å²) in [4.78, 5) is 7.46. The van der Waals surface area contributed by atoms with Crippen LogP contribution in [0.4, 0.5) is 22.0 Å². The van der Waals surface area contributed by atoms with E-state index in [1.807, 2.05) is 0 Å². The Hall–Kier alpha value is -3.10. The van der Waals surface area contributed by atoms with Crippen LogP contribution in [0.15, 0.2) is 41.2 Å². The Labute approximate surface area is 137 Å². The van der Waals surface area contributed by atoms with Crippen LogP contribution in [0.25, 0.3) is 23.5 Å². The Kier molecular flexibility index (Phi) is 4.30. The summed E-state index contributed by atoms with van der Waals surface area (Å²) >= 11 is 0. The van der Waals surface area contributed by atoms with E-state index >= 15 is 0 Å². The van der Waals surface area contributed by atoms with Gasteiger partial charge in [0.25, 0.3) is 5.89 Å². The first-order valence-corrected chi connectivity index (χ1v) is 6.82. The zero-order valence-electron chi connectivity index (χ0n) is 12.3. The number of aromatic nitrogens is 3. The van der Waals surface area contributed by atoms with Crippen LogP contribution in [0.2, 0.25) is 0 Å². The van der Waals surface area contributed by atoms with Crippen molar-refractivity contribution in [2.75, 3.05) is 0 Å². The van der Waals surface area contributed by atoms with Gasteiger partial charge in [0.2, 0.25) is 5.82 Å². The van der Waals surface area contributed by atoms with Gasteiger partial charge in [0, 0.05) is 17.8 Å². The highest BCUT2D eigenvalue weighted by Gasteiger charge is 2.35. The molecular weight excluding hydrogens is 345 g/mol. The minimum absolute atomic E-state index is 0.100. The maximum absolute atomic E-state index is 13.1. The number of pyridine rings is 1. The molecule has 0 aliphatic heterocycles. The Morgan fingerprint density at radius 2 is 1.76 bits per heavy atom. The second-order valence-electron chi connectivity index (χ2n) is 4.91. The molecule has 128 valence electrons. The zero-order chi connectivity index (χ0) is 18.0. The average molecular weight is 353 g/mol. The molecule has 0 fully saturated rings. The number of rotatable bonds is 3. The molecule has 0 atom stereocenters. The molecule has 9 heteroatoms. The van der Waals surface area contributed by atoms with E-state index in [1.54, 1.807) is 0 Å². The Bertz CT molecular complexity index is 934. The summed E-state index contributed by atoms with van der Waals surface area (Å²) in [5, 5.41) is 3.47. The average Bonchev–Trinajstić information content (AvgIpc) is 3.01. The third-order valence-corrected chi connectivity index (χ3v) is 3.11. The molecule has 0 amide bonds. The fraction of sp³-hybridized carbons (Fsp3) is 0.0625. The van der Waals surface area contributed by atoms with Gasteiger partial charge >= 0.3 is 6.18 Å². The lowest BCUT2D eigenvalue weighted by Crippen LogP contribution is -2.08. The van der Waals surface area contributed by atoms with Crippen molar-refractivity contribution in [2.45, 2.75) is 6.18 Å². The SMILES string of the molecule is Fc1cncc(/C=C/c2nc(-c3ccc(F)cc3C(F)(F)F)no2)c1. The molecular formula is C16H8F5N3O. The second-order valence-corrected chi connectivity index (χ2v) is 4.91. The Morgan fingerprint density at radius 1 is 0.960 bits per heavy atom. The summed E-state index contributed by atoms with van der Waals surface area (Å²) in [5.74, 6) is -2.02. The molecule has 0 saturated heterocycles. The minimum Gasteiger partial charge on any atom is -0.334 e. The fourth-order valence-electron chi connectivity index (χ4n) is 2.05. The van der Waals surface area contributed by atoms with Gasteiger partial charge in [-0.05, 0) is 35.9 Å². The van der Waals surface area contributed by atoms with Crippen LogP contribution in [0, 0.1) is 11.6 Å². The maximum atomic E-state index is 13.1. The normalized spacial score (nSPS) is 12.0. The van der Waals surface area contributed by atoms with Gasteiger partial charge < -0.3 is 4.52 Å². The number of hydrogen-bond donors (Lipinski definition) is 0. The van der Waals surface area contributed by atoms with E-state index < -0.39 is 28.9 Å². The summed E-state index contributed by atoms with van der Waals surface area (Å²) in [6.45, 7) is 0. The lowest BCUT2D eigenvalue weighted by molar-refractivity contribution is -0.137. The first-order chi connectivity index (χ1) is 11.8. The highest BCUT2D eigenvalue weighted by Crippen LogP contribution is 2.36. The molecule has 0 N–H and O–H groups in total. The van der Waals surface area contributed by atoms with Crippen molar-refractivity contribution < 1.29 is 26.5 Å². The molecule has 0 spiro atoms. The summed E-state index contributed by atoms with van der Waals surface area (Å²) < 4.78 is 70.1. The summed E-state index contributed by atoms with van der Waals surface area (Å²) in [5.41, 5.74) is -1.22. The van der Waals surface area contributed by atoms with E-state index in [1.165, 1.54) is 24.4 Å². The molecule has 0 unspecified atom stereocenters. The van der Waals surface area contributed by atoms with Gasteiger partial charge in [-0.1, -0.05) is 5.16 Å². The molecule has 0 radical (unpaired) electrons. The van der Waals surface area contributed by atoms with Gasteiger partial charge in [-0.15, -0.1) is 0 Å². The first-order valence-electron chi connectivity index (χ1n) is 6.82. The minimum atomic E-state index is -4.78. The molecule has 2 heterocycles. The Morgan fingerprint density at radius 3 is 2.48 bits per heavy atom. The van der Waals surface area contributed by atoms with Crippen LogP contribution in [0.5, 0.6) is 0 Å². The number of halogens is 5. The standard InChI is InChI=1S/C16H8F5N3O/c17-10-2-3-12(13(6-10)16(19,20)21)15-23-14(25-24-15)4-1-9-5-11(18)8-22-7-9/h1-8H/b4-1+. The number of benzene rings is 1. The van der Waals surface area contributed by atoms with Crippen molar-refractivity contribution in [3.63, 3.8) is 0 Å². The van der Waals surface area contributed by atoms with E-state index in [2.05, 4.69) is 15.1 Å². The van der Waals surface area contributed by atoms with Gasteiger partial charge in [-0.25, -0.2) is 8.78 Å². The summed E-state index contributed by atoms with van der Waals surface area (Å²) in [7, 11) is 0. The van der Waals surface area contributed by atoms with Gasteiger partial charge in [0.05, 0.1) is 11.8 Å². The van der Waals surface area contributed by atoms with Crippen molar-refractivity contribution in [3.8, 4) is 11.4 Å². The van der Waals surface area contributed by atoms with E-state index in [4.69, 9.17) is 4.52 Å². The zero-order valence-corrected chi connectivity index (χ0v) is 12.3. The van der Waals surface area contributed by atoms with Crippen LogP contribution in [-0.4, -0.2) is 15.1 Å². The van der Waals surface area contributed by atoms with Crippen LogP contribution in [0.3, 0.4) is 0 Å². The summed E-state index contributed by atoms with van der Waals surface area (Å²) in [6, 6.07) is 3.35. The molecule has 2 aromatic heterocycles. The third kappa shape index (κ3) is 3.87. The van der Waals surface area contributed by atoms with Crippen LogP contribution >= 0.6 is 0 Å². The van der Waals surface area contributed by atoms with Crippen molar-refractivity contribution in [3.05, 3.63) is 65.3 Å². The molecule has 25 heavy (non-hydrogen) atoms. The van der Waals surface area contributed by atoms with Crippen LogP contribution < -0.4 is 0 Å². The fourth-order valence-corrected chi connectivity index (χ4v) is 2.05. The van der Waals surface area contributed by atoms with Gasteiger partial charge in [0.1, 0.15) is 11.6 Å². The first kappa shape index (κ1) is 16.7. The molecule has 0 bridgehead atoms. The predicted molar refractivity (Wildman–Crippen MR) is 77.8 cm³/mol. The van der Waals surface area contributed by atoms with Crippen molar-refractivity contribution in [2.24, 2.45) is 0 Å². The molecule has 1 aromatic carbocycles. The van der Waals surface area contributed by atoms with Crippen LogP contribution in [-0.2, 0) is 6.18 Å². The van der Waals surface area contributed by atoms with E-state index in [0.717, 1.165) is 18.3 Å². The topological polar surface area (TPSA) is 51.8 Å². The van der Waals surface area contributed by atoms with Crippen molar-refractivity contribution in [1.82, 2.24) is 15.1 Å². The quantitative estimate of drug-likeness (QED) is 0.646. The van der Waals surface area contributed by atoms with Crippen molar-refractivity contribution >= 4 is 12.2 Å². The smallest absolute Gasteiger partial charge is 0.334 e. The number of hydrogen-bond acceptors (Lipinski definition) is 4. The molecule has 3 rings (SSSR count). The van der Waals surface area contributed by atoms with E-state index in [-0.39, 0.29) is 11.7 Å². The molecule has 0 aliphatic rings. The monoisotopic (exact) mass is 353 g/mol. The lowest BCUT2D eigenvalue weighted by Gasteiger charge is -2.10. The van der Waals surface area contributed by atoms with E-state index in [0.29, 0.717) is 11.6 Å². The largest absolute Gasteiger partial charge is 0.417 e. The van der Waals surface area contributed by atoms with Gasteiger partial charge in [-0.3, -0.25) is 4.98 Å². The number of alkyl halides is 3. The lowest BCUT2D eigenvalue weighted by atomic mass is 10.1. The van der Waals surface area contributed by atoms with E-state index in [9.17, 15) is 22.0 Å². The highest BCUT2D eigenvalue weighted by molar-refractivity contribution is 5.67. The molecule has 3 aromatic rings. The highest BCUT2D eigenvalue weighted by atomic mass is 19.4. The van der Waals surface area contributed by atoms with Gasteiger partial charge in [-0.2, -0.15) is 18.2 Å². The summed E-state index contributed by atoms with van der Waals surface area (Å²) in [6.07, 6.45) is 0.321. The number of nitrogens with zero attached hydrogens (tertiary/aromatic N) is 3. The van der Waals surface area contributed by atoms with Crippen LogP contribution in [0.1, 0.15) is 17.0 Å². The predicted octanol–water partition coefficient (Wildman–Crippen LogP) is 4.60. The molecule has 4 nitrogen and oxygen atoms in total. The molecule has 0 saturated carbocycles. The second kappa shape index (κ2) is 6.42. The molecule has 0 aliphatic carbocycles. The maximum Gasteiger partial charge on any atom is 0.417 e. The van der Waals surface area contributed by atoms with Crippen molar-refractivity contribution in [1.29, 1.82) is 0 Å².